The van der Waals surface area contributed by atoms with Crippen molar-refractivity contribution in [2.75, 3.05) is 5.73 Å². The molecule has 2 heterocycles. The third kappa shape index (κ3) is 1.39. The topological polar surface area (TPSA) is 69.6 Å². The van der Waals surface area contributed by atoms with Crippen molar-refractivity contribution in [2.24, 2.45) is 0 Å². The molecular formula is C8H10ClN5. The first-order valence-electron chi connectivity index (χ1n) is 4.37. The van der Waals surface area contributed by atoms with Crippen molar-refractivity contribution in [2.45, 2.75) is 19.9 Å². The van der Waals surface area contributed by atoms with Crippen molar-refractivity contribution in [3.63, 3.8) is 0 Å². The summed E-state index contributed by atoms with van der Waals surface area (Å²) in [6, 6.07) is 0. The van der Waals surface area contributed by atoms with E-state index in [4.69, 9.17) is 17.3 Å². The highest BCUT2D eigenvalue weighted by Gasteiger charge is 2.08. The van der Waals surface area contributed by atoms with E-state index >= 15 is 0 Å². The van der Waals surface area contributed by atoms with Gasteiger partial charge in [0.15, 0.2) is 5.65 Å². The summed E-state index contributed by atoms with van der Waals surface area (Å²) in [7, 11) is 0. The van der Waals surface area contributed by atoms with Crippen LogP contribution < -0.4 is 5.73 Å². The number of rotatable bonds is 2. The molecule has 0 bridgehead atoms. The summed E-state index contributed by atoms with van der Waals surface area (Å²) in [4.78, 5) is 7.94. The number of nitrogens with two attached hydrogens (primary N) is 1. The van der Waals surface area contributed by atoms with Gasteiger partial charge in [-0.15, -0.1) is 0 Å². The Balaban J connectivity index is 2.66. The monoisotopic (exact) mass is 211 g/mol. The van der Waals surface area contributed by atoms with Crippen LogP contribution in [0.15, 0.2) is 6.20 Å². The van der Waals surface area contributed by atoms with Crippen molar-refractivity contribution in [3.8, 4) is 0 Å². The van der Waals surface area contributed by atoms with E-state index in [9.17, 15) is 0 Å². The maximum Gasteiger partial charge on any atom is 0.226 e. The highest BCUT2D eigenvalue weighted by molar-refractivity contribution is 6.28. The molecule has 0 amide bonds. The maximum absolute atomic E-state index is 5.71. The Bertz CT molecular complexity index is 464. The number of fused-ring (bicyclic) bond motifs is 1. The molecule has 0 spiro atoms. The van der Waals surface area contributed by atoms with Crippen molar-refractivity contribution in [1.82, 2.24) is 19.7 Å². The third-order valence-electron chi connectivity index (χ3n) is 1.93. The SMILES string of the molecule is CCCn1ncc2c(N)nc(Cl)nc21. The zero-order valence-electron chi connectivity index (χ0n) is 7.74. The zero-order valence-corrected chi connectivity index (χ0v) is 8.49. The summed E-state index contributed by atoms with van der Waals surface area (Å²) >= 11 is 5.71. The van der Waals surface area contributed by atoms with Crippen LogP contribution in [-0.2, 0) is 6.54 Å². The van der Waals surface area contributed by atoms with Crippen LogP contribution in [0.2, 0.25) is 5.28 Å². The molecule has 14 heavy (non-hydrogen) atoms. The maximum atomic E-state index is 5.71. The van der Waals surface area contributed by atoms with Crippen LogP contribution in [-0.4, -0.2) is 19.7 Å². The number of halogens is 1. The quantitative estimate of drug-likeness (QED) is 0.764. The number of hydrogen-bond acceptors (Lipinski definition) is 4. The smallest absolute Gasteiger partial charge is 0.226 e. The molecule has 74 valence electrons. The predicted molar refractivity (Wildman–Crippen MR) is 55.0 cm³/mol. The summed E-state index contributed by atoms with van der Waals surface area (Å²) in [6.07, 6.45) is 2.65. The van der Waals surface area contributed by atoms with E-state index in [0.717, 1.165) is 18.4 Å². The van der Waals surface area contributed by atoms with E-state index in [1.807, 2.05) is 0 Å². The number of hydrogen-bond donors (Lipinski definition) is 1. The summed E-state index contributed by atoms with van der Waals surface area (Å²) in [5.41, 5.74) is 6.38. The van der Waals surface area contributed by atoms with E-state index in [1.165, 1.54) is 0 Å². The van der Waals surface area contributed by atoms with Gasteiger partial charge in [-0.3, -0.25) is 0 Å². The summed E-state index contributed by atoms with van der Waals surface area (Å²) in [5.74, 6) is 0.377. The Hall–Kier alpha value is -1.36. The van der Waals surface area contributed by atoms with Crippen molar-refractivity contribution in [1.29, 1.82) is 0 Å². The van der Waals surface area contributed by atoms with Gasteiger partial charge >= 0.3 is 0 Å². The fraction of sp³-hybridized carbons (Fsp3) is 0.375. The van der Waals surface area contributed by atoms with Crippen LogP contribution in [0, 0.1) is 0 Å². The summed E-state index contributed by atoms with van der Waals surface area (Å²) in [5, 5.41) is 5.08. The molecule has 2 N–H and O–H groups in total. The zero-order chi connectivity index (χ0) is 10.1. The Morgan fingerprint density at radius 1 is 1.50 bits per heavy atom. The number of nitrogens with zero attached hydrogens (tertiary/aromatic N) is 4. The lowest BCUT2D eigenvalue weighted by Crippen LogP contribution is -2.01. The van der Waals surface area contributed by atoms with Crippen molar-refractivity contribution < 1.29 is 0 Å². The van der Waals surface area contributed by atoms with Gasteiger partial charge in [0.25, 0.3) is 0 Å². The normalized spacial score (nSPS) is 11.0. The standard InChI is InChI=1S/C8H10ClN5/c1-2-3-14-7-5(4-11-14)6(10)12-8(9)13-7/h4H,2-3H2,1H3,(H2,10,12,13). The predicted octanol–water partition coefficient (Wildman–Crippen LogP) is 1.47. The largest absolute Gasteiger partial charge is 0.383 e. The molecule has 0 saturated carbocycles. The van der Waals surface area contributed by atoms with Crippen LogP contribution in [0.5, 0.6) is 0 Å². The minimum Gasteiger partial charge on any atom is -0.383 e. The van der Waals surface area contributed by atoms with E-state index < -0.39 is 0 Å². The van der Waals surface area contributed by atoms with Crippen molar-refractivity contribution in [3.05, 3.63) is 11.5 Å². The second-order valence-corrected chi connectivity index (χ2v) is 3.32. The molecule has 2 aromatic rings. The molecule has 0 aliphatic rings. The minimum absolute atomic E-state index is 0.160. The number of aryl methyl sites for hydroxylation is 1. The summed E-state index contributed by atoms with van der Waals surface area (Å²) < 4.78 is 1.78. The molecule has 0 unspecified atom stereocenters. The fourth-order valence-corrected chi connectivity index (χ4v) is 1.50. The Morgan fingerprint density at radius 2 is 2.29 bits per heavy atom. The average molecular weight is 212 g/mol. The first kappa shape index (κ1) is 9.21. The first-order valence-corrected chi connectivity index (χ1v) is 4.74. The van der Waals surface area contributed by atoms with E-state index in [-0.39, 0.29) is 5.28 Å². The van der Waals surface area contributed by atoms with Gasteiger partial charge in [-0.25, -0.2) is 9.67 Å². The molecule has 5 nitrogen and oxygen atoms in total. The Morgan fingerprint density at radius 3 is 3.00 bits per heavy atom. The lowest BCUT2D eigenvalue weighted by molar-refractivity contribution is 0.617. The Kier molecular flexibility index (Phi) is 2.25. The van der Waals surface area contributed by atoms with Crippen LogP contribution in [0.25, 0.3) is 11.0 Å². The van der Waals surface area contributed by atoms with Gasteiger partial charge in [0.1, 0.15) is 5.82 Å². The van der Waals surface area contributed by atoms with Gasteiger partial charge in [0, 0.05) is 6.54 Å². The molecule has 0 fully saturated rings. The molecule has 0 atom stereocenters. The molecule has 2 rings (SSSR count). The third-order valence-corrected chi connectivity index (χ3v) is 2.10. The molecule has 0 aliphatic carbocycles. The van der Waals surface area contributed by atoms with Gasteiger partial charge in [-0.05, 0) is 18.0 Å². The Labute approximate surface area is 85.9 Å². The molecule has 6 heteroatoms. The second kappa shape index (κ2) is 3.42. The second-order valence-electron chi connectivity index (χ2n) is 2.98. The van der Waals surface area contributed by atoms with Gasteiger partial charge in [-0.1, -0.05) is 6.92 Å². The van der Waals surface area contributed by atoms with E-state index in [2.05, 4.69) is 22.0 Å². The number of nitrogen functional groups attached to an aromatic ring is 1. The highest BCUT2D eigenvalue weighted by atomic mass is 35.5. The van der Waals surface area contributed by atoms with Crippen LogP contribution in [0.1, 0.15) is 13.3 Å². The fourth-order valence-electron chi connectivity index (χ4n) is 1.32. The summed E-state index contributed by atoms with van der Waals surface area (Å²) in [6.45, 7) is 2.87. The van der Waals surface area contributed by atoms with Gasteiger partial charge in [0.05, 0.1) is 11.6 Å². The average Bonchev–Trinajstić information content (AvgIpc) is 2.49. The number of anilines is 1. The van der Waals surface area contributed by atoms with E-state index in [0.29, 0.717) is 11.5 Å². The van der Waals surface area contributed by atoms with Gasteiger partial charge in [0.2, 0.25) is 5.28 Å². The molecule has 0 radical (unpaired) electrons. The molecular weight excluding hydrogens is 202 g/mol. The number of aromatic nitrogens is 4. The molecule has 0 aliphatic heterocycles. The van der Waals surface area contributed by atoms with Crippen molar-refractivity contribution >= 4 is 28.5 Å². The molecule has 0 aromatic carbocycles. The lowest BCUT2D eigenvalue weighted by atomic mass is 10.4. The van der Waals surface area contributed by atoms with Gasteiger partial charge < -0.3 is 5.73 Å². The first-order chi connectivity index (χ1) is 6.72. The highest BCUT2D eigenvalue weighted by Crippen LogP contribution is 2.19. The minimum atomic E-state index is 0.160. The lowest BCUT2D eigenvalue weighted by Gasteiger charge is -2.00. The van der Waals surface area contributed by atoms with Crippen LogP contribution in [0.4, 0.5) is 5.82 Å². The van der Waals surface area contributed by atoms with Crippen LogP contribution in [0.3, 0.4) is 0 Å². The van der Waals surface area contributed by atoms with E-state index in [1.54, 1.807) is 10.9 Å². The van der Waals surface area contributed by atoms with Gasteiger partial charge in [-0.2, -0.15) is 10.1 Å². The van der Waals surface area contributed by atoms with Crippen LogP contribution >= 0.6 is 11.6 Å². The molecule has 2 aromatic heterocycles. The molecule has 0 saturated heterocycles.